The van der Waals surface area contributed by atoms with Crippen molar-refractivity contribution in [1.29, 1.82) is 0 Å². The maximum absolute atomic E-state index is 12.4. The first kappa shape index (κ1) is 16.8. The molecule has 3 aliphatic heterocycles. The van der Waals surface area contributed by atoms with Crippen LogP contribution >= 0.6 is 0 Å². The van der Waals surface area contributed by atoms with E-state index in [1.54, 1.807) is 0 Å². The van der Waals surface area contributed by atoms with E-state index in [0.717, 1.165) is 45.1 Å². The zero-order chi connectivity index (χ0) is 17.1. The molecule has 0 radical (unpaired) electrons. The number of nitrogens with one attached hydrogen (secondary N) is 1. The third-order valence-electron chi connectivity index (χ3n) is 5.46. The van der Waals surface area contributed by atoms with Gasteiger partial charge in [0.2, 0.25) is 0 Å². The first-order chi connectivity index (χ1) is 12.3. The van der Waals surface area contributed by atoms with Gasteiger partial charge in [-0.15, -0.1) is 0 Å². The van der Waals surface area contributed by atoms with E-state index in [2.05, 4.69) is 15.1 Å². The normalized spacial score (nSPS) is 27.1. The molecule has 3 fully saturated rings. The van der Waals surface area contributed by atoms with E-state index in [-0.39, 0.29) is 12.0 Å². The third kappa shape index (κ3) is 3.97. The Labute approximate surface area is 149 Å². The molecule has 2 atom stereocenters. The Morgan fingerprint density at radius 3 is 2.76 bits per heavy atom. The van der Waals surface area contributed by atoms with Crippen molar-refractivity contribution in [2.24, 2.45) is 0 Å². The lowest BCUT2D eigenvalue weighted by Crippen LogP contribution is -2.50. The molecular formula is C19H27N3O3. The highest BCUT2D eigenvalue weighted by atomic mass is 16.5. The summed E-state index contributed by atoms with van der Waals surface area (Å²) in [6.45, 7) is 6.82. The second kappa shape index (κ2) is 7.72. The molecule has 4 rings (SSSR count). The third-order valence-corrected chi connectivity index (χ3v) is 5.46. The number of anilines is 1. The summed E-state index contributed by atoms with van der Waals surface area (Å²) in [5.74, 6) is -0.0272. The summed E-state index contributed by atoms with van der Waals surface area (Å²) in [4.78, 5) is 17.2. The van der Waals surface area contributed by atoms with Gasteiger partial charge >= 0.3 is 0 Å². The average molecular weight is 345 g/mol. The van der Waals surface area contributed by atoms with Gasteiger partial charge in [-0.25, -0.2) is 0 Å². The summed E-state index contributed by atoms with van der Waals surface area (Å²) in [6, 6.07) is 8.44. The fourth-order valence-electron chi connectivity index (χ4n) is 3.96. The van der Waals surface area contributed by atoms with Gasteiger partial charge in [-0.1, -0.05) is 0 Å². The van der Waals surface area contributed by atoms with Gasteiger partial charge in [0, 0.05) is 43.5 Å². The second-order valence-corrected chi connectivity index (χ2v) is 7.10. The van der Waals surface area contributed by atoms with Gasteiger partial charge in [0.05, 0.1) is 25.9 Å². The van der Waals surface area contributed by atoms with Crippen LogP contribution in [0.5, 0.6) is 0 Å². The highest BCUT2D eigenvalue weighted by molar-refractivity contribution is 5.94. The van der Waals surface area contributed by atoms with Crippen LogP contribution in [-0.2, 0) is 9.47 Å². The molecule has 1 N–H and O–H groups in total. The molecule has 25 heavy (non-hydrogen) atoms. The zero-order valence-electron chi connectivity index (χ0n) is 14.7. The predicted octanol–water partition coefficient (Wildman–Crippen LogP) is 1.12. The van der Waals surface area contributed by atoms with Crippen molar-refractivity contribution in [3.05, 3.63) is 29.8 Å². The molecule has 3 saturated heterocycles. The molecule has 0 aromatic heterocycles. The van der Waals surface area contributed by atoms with Crippen LogP contribution in [0.2, 0.25) is 0 Å². The Morgan fingerprint density at radius 1 is 1.16 bits per heavy atom. The molecule has 6 nitrogen and oxygen atoms in total. The number of morpholine rings is 2. The van der Waals surface area contributed by atoms with Gasteiger partial charge in [-0.05, 0) is 43.7 Å². The Hall–Kier alpha value is -1.63. The molecule has 0 unspecified atom stereocenters. The van der Waals surface area contributed by atoms with Crippen LogP contribution in [0.15, 0.2) is 24.3 Å². The topological polar surface area (TPSA) is 54.0 Å². The van der Waals surface area contributed by atoms with E-state index in [9.17, 15) is 4.79 Å². The van der Waals surface area contributed by atoms with E-state index in [1.165, 1.54) is 19.4 Å². The summed E-state index contributed by atoms with van der Waals surface area (Å²) in [5, 5.41) is 3.02. The largest absolute Gasteiger partial charge is 0.378 e. The van der Waals surface area contributed by atoms with E-state index < -0.39 is 0 Å². The van der Waals surface area contributed by atoms with E-state index in [0.29, 0.717) is 18.2 Å². The summed E-state index contributed by atoms with van der Waals surface area (Å²) in [5.41, 5.74) is 1.85. The molecule has 0 spiro atoms. The Balaban J connectivity index is 1.27. The molecule has 1 aromatic carbocycles. The van der Waals surface area contributed by atoms with E-state index in [4.69, 9.17) is 9.47 Å². The van der Waals surface area contributed by atoms with Crippen LogP contribution in [-0.4, -0.2) is 75.5 Å². The Kier molecular flexibility index (Phi) is 5.20. The van der Waals surface area contributed by atoms with Crippen molar-refractivity contribution >= 4 is 11.6 Å². The summed E-state index contributed by atoms with van der Waals surface area (Å²) < 4.78 is 11.3. The molecule has 6 heteroatoms. The fraction of sp³-hybridized carbons (Fsp3) is 0.632. The molecule has 3 heterocycles. The molecule has 0 aliphatic carbocycles. The van der Waals surface area contributed by atoms with Gasteiger partial charge < -0.3 is 19.7 Å². The number of rotatable bonds is 4. The van der Waals surface area contributed by atoms with Gasteiger partial charge in [-0.3, -0.25) is 9.69 Å². The van der Waals surface area contributed by atoms with Crippen molar-refractivity contribution in [3.63, 3.8) is 0 Å². The SMILES string of the molecule is O=C(NC[C@H]1CN2CCC[C@H]2CO1)c1ccc(N2CCOCC2)cc1. The van der Waals surface area contributed by atoms with Gasteiger partial charge in [0.15, 0.2) is 0 Å². The number of carbonyl (C=O) groups is 1. The molecule has 1 amide bonds. The Morgan fingerprint density at radius 2 is 1.96 bits per heavy atom. The van der Waals surface area contributed by atoms with Gasteiger partial charge in [0.1, 0.15) is 0 Å². The predicted molar refractivity (Wildman–Crippen MR) is 96.1 cm³/mol. The van der Waals surface area contributed by atoms with Crippen LogP contribution in [0.4, 0.5) is 5.69 Å². The van der Waals surface area contributed by atoms with Crippen molar-refractivity contribution in [2.75, 3.05) is 57.4 Å². The molecule has 0 bridgehead atoms. The molecule has 136 valence electrons. The minimum Gasteiger partial charge on any atom is -0.378 e. The van der Waals surface area contributed by atoms with Crippen LogP contribution in [0.1, 0.15) is 23.2 Å². The van der Waals surface area contributed by atoms with E-state index in [1.807, 2.05) is 24.3 Å². The number of hydrogen-bond acceptors (Lipinski definition) is 5. The Bertz CT molecular complexity index is 586. The van der Waals surface area contributed by atoms with Crippen LogP contribution in [0, 0.1) is 0 Å². The summed E-state index contributed by atoms with van der Waals surface area (Å²) >= 11 is 0. The number of ether oxygens (including phenoxy) is 2. The van der Waals surface area contributed by atoms with Crippen molar-refractivity contribution in [1.82, 2.24) is 10.2 Å². The van der Waals surface area contributed by atoms with Crippen molar-refractivity contribution < 1.29 is 14.3 Å². The second-order valence-electron chi connectivity index (χ2n) is 7.10. The smallest absolute Gasteiger partial charge is 0.251 e. The lowest BCUT2D eigenvalue weighted by molar-refractivity contribution is -0.0461. The number of fused-ring (bicyclic) bond motifs is 1. The lowest BCUT2D eigenvalue weighted by atomic mass is 10.1. The minimum atomic E-state index is -0.0272. The highest BCUT2D eigenvalue weighted by Crippen LogP contribution is 2.22. The lowest BCUT2D eigenvalue weighted by Gasteiger charge is -2.35. The number of carbonyl (C=O) groups excluding carboxylic acids is 1. The maximum atomic E-state index is 12.4. The zero-order valence-corrected chi connectivity index (χ0v) is 14.7. The molecule has 3 aliphatic rings. The molecular weight excluding hydrogens is 318 g/mol. The molecule has 1 aromatic rings. The maximum Gasteiger partial charge on any atom is 0.251 e. The van der Waals surface area contributed by atoms with Gasteiger partial charge in [0.25, 0.3) is 5.91 Å². The van der Waals surface area contributed by atoms with Gasteiger partial charge in [-0.2, -0.15) is 0 Å². The minimum absolute atomic E-state index is 0.0272. The average Bonchev–Trinajstić information content (AvgIpc) is 3.15. The monoisotopic (exact) mass is 345 g/mol. The standard InChI is InChI=1S/C19H27N3O3/c23-19(20-12-18-13-22-7-1-2-17(22)14-25-18)15-3-5-16(6-4-15)21-8-10-24-11-9-21/h3-6,17-18H,1-2,7-14H2,(H,20,23)/t17-,18-/m0/s1. The van der Waals surface area contributed by atoms with Crippen molar-refractivity contribution in [2.45, 2.75) is 25.0 Å². The van der Waals surface area contributed by atoms with Crippen LogP contribution < -0.4 is 10.2 Å². The van der Waals surface area contributed by atoms with E-state index >= 15 is 0 Å². The number of hydrogen-bond donors (Lipinski definition) is 1. The molecule has 0 saturated carbocycles. The summed E-state index contributed by atoms with van der Waals surface area (Å²) in [7, 11) is 0. The van der Waals surface area contributed by atoms with Crippen LogP contribution in [0.25, 0.3) is 0 Å². The first-order valence-corrected chi connectivity index (χ1v) is 9.36. The number of benzene rings is 1. The first-order valence-electron chi connectivity index (χ1n) is 9.36. The fourth-order valence-corrected chi connectivity index (χ4v) is 3.96. The highest BCUT2D eigenvalue weighted by Gasteiger charge is 2.32. The number of amides is 1. The quantitative estimate of drug-likeness (QED) is 0.886. The summed E-state index contributed by atoms with van der Waals surface area (Å²) in [6.07, 6.45) is 2.61. The van der Waals surface area contributed by atoms with Crippen molar-refractivity contribution in [3.8, 4) is 0 Å². The number of nitrogens with zero attached hydrogens (tertiary/aromatic N) is 2. The van der Waals surface area contributed by atoms with Crippen LogP contribution in [0.3, 0.4) is 0 Å².